The van der Waals surface area contributed by atoms with Crippen molar-refractivity contribution in [3.05, 3.63) is 28.2 Å². The maximum atomic E-state index is 6.21. The van der Waals surface area contributed by atoms with Crippen molar-refractivity contribution >= 4 is 15.9 Å². The molecular weight excluding hydrogens is 278 g/mol. The Bertz CT molecular complexity index is 376. The van der Waals surface area contributed by atoms with Crippen LogP contribution in [0.25, 0.3) is 0 Å². The van der Waals surface area contributed by atoms with Gasteiger partial charge in [-0.2, -0.15) is 0 Å². The lowest BCUT2D eigenvalue weighted by Gasteiger charge is -2.28. The number of benzene rings is 1. The van der Waals surface area contributed by atoms with Gasteiger partial charge in [0, 0.05) is 10.5 Å². The van der Waals surface area contributed by atoms with E-state index in [1.54, 1.807) is 7.11 Å². The molecule has 2 nitrogen and oxygen atoms in total. The van der Waals surface area contributed by atoms with E-state index in [9.17, 15) is 0 Å². The maximum absolute atomic E-state index is 6.21. The highest BCUT2D eigenvalue weighted by molar-refractivity contribution is 9.10. The molecule has 1 unspecified atom stereocenters. The molecule has 0 radical (unpaired) electrons. The minimum Gasteiger partial charge on any atom is -0.497 e. The molecule has 0 spiro atoms. The molecule has 0 saturated heterocycles. The van der Waals surface area contributed by atoms with Gasteiger partial charge in [0.2, 0.25) is 0 Å². The Balaban J connectivity index is 1.96. The molecule has 0 heterocycles. The first-order chi connectivity index (χ1) is 8.19. The molecule has 3 heteroatoms. The Morgan fingerprint density at radius 1 is 1.47 bits per heavy atom. The van der Waals surface area contributed by atoms with Gasteiger partial charge in [-0.1, -0.05) is 35.2 Å². The molecule has 1 aliphatic rings. The highest BCUT2D eigenvalue weighted by atomic mass is 79.9. The molecule has 17 heavy (non-hydrogen) atoms. The molecule has 1 saturated carbocycles. The third kappa shape index (κ3) is 3.46. The highest BCUT2D eigenvalue weighted by Gasteiger charge is 2.20. The lowest BCUT2D eigenvalue weighted by Crippen LogP contribution is -2.28. The Labute approximate surface area is 112 Å². The number of methoxy groups -OCH3 is 1. The zero-order valence-electron chi connectivity index (χ0n) is 10.3. The molecule has 1 aliphatic carbocycles. The van der Waals surface area contributed by atoms with Crippen molar-refractivity contribution in [1.82, 2.24) is 0 Å². The van der Waals surface area contributed by atoms with Gasteiger partial charge in [0.25, 0.3) is 0 Å². The summed E-state index contributed by atoms with van der Waals surface area (Å²) in [6.45, 7) is 0. The summed E-state index contributed by atoms with van der Waals surface area (Å²) in [6, 6.07) is 6.34. The number of rotatable bonds is 5. The van der Waals surface area contributed by atoms with Crippen LogP contribution in [-0.4, -0.2) is 13.2 Å². The van der Waals surface area contributed by atoms with Crippen LogP contribution in [0.1, 0.15) is 31.2 Å². The smallest absolute Gasteiger partial charge is 0.119 e. The van der Waals surface area contributed by atoms with Gasteiger partial charge in [0.1, 0.15) is 5.75 Å². The molecule has 2 rings (SSSR count). The highest BCUT2D eigenvalue weighted by Crippen LogP contribution is 2.31. The first kappa shape index (κ1) is 12.9. The molecule has 1 atom stereocenters. The summed E-state index contributed by atoms with van der Waals surface area (Å²) < 4.78 is 6.37. The van der Waals surface area contributed by atoms with Crippen molar-refractivity contribution in [2.24, 2.45) is 11.7 Å². The van der Waals surface area contributed by atoms with Crippen LogP contribution >= 0.6 is 15.9 Å². The van der Waals surface area contributed by atoms with Gasteiger partial charge in [0.15, 0.2) is 0 Å². The number of halogens is 1. The van der Waals surface area contributed by atoms with E-state index in [2.05, 4.69) is 22.0 Å². The van der Waals surface area contributed by atoms with Crippen LogP contribution in [0.2, 0.25) is 0 Å². The van der Waals surface area contributed by atoms with E-state index >= 15 is 0 Å². The average molecular weight is 298 g/mol. The van der Waals surface area contributed by atoms with Crippen molar-refractivity contribution in [3.63, 3.8) is 0 Å². The molecule has 0 aliphatic heterocycles. The summed E-state index contributed by atoms with van der Waals surface area (Å²) in [7, 11) is 1.70. The molecule has 0 bridgehead atoms. The standard InChI is InChI=1S/C14H20BrNO/c1-17-13-5-6-14(15)11(9-13)8-12(16)7-10-3-2-4-10/h5-6,9-10,12H,2-4,7-8,16H2,1H3. The molecule has 1 aromatic rings. The van der Waals surface area contributed by atoms with Crippen LogP contribution in [-0.2, 0) is 6.42 Å². The monoisotopic (exact) mass is 297 g/mol. The summed E-state index contributed by atoms with van der Waals surface area (Å²) in [5.41, 5.74) is 7.46. The van der Waals surface area contributed by atoms with E-state index in [1.165, 1.54) is 24.8 Å². The van der Waals surface area contributed by atoms with Gasteiger partial charge >= 0.3 is 0 Å². The van der Waals surface area contributed by atoms with Gasteiger partial charge in [-0.25, -0.2) is 0 Å². The lowest BCUT2D eigenvalue weighted by molar-refractivity contribution is 0.275. The predicted molar refractivity (Wildman–Crippen MR) is 74.3 cm³/mol. The third-order valence-corrected chi connectivity index (χ3v) is 4.37. The fraction of sp³-hybridized carbons (Fsp3) is 0.571. The largest absolute Gasteiger partial charge is 0.497 e. The third-order valence-electron chi connectivity index (χ3n) is 3.60. The summed E-state index contributed by atoms with van der Waals surface area (Å²) in [6.07, 6.45) is 6.21. The predicted octanol–water partition coefficient (Wildman–Crippen LogP) is 3.52. The quantitative estimate of drug-likeness (QED) is 0.902. The molecule has 1 fully saturated rings. The van der Waals surface area contributed by atoms with E-state index in [1.807, 2.05) is 12.1 Å². The van der Waals surface area contributed by atoms with Crippen molar-refractivity contribution in [2.75, 3.05) is 7.11 Å². The van der Waals surface area contributed by atoms with E-state index in [-0.39, 0.29) is 6.04 Å². The zero-order chi connectivity index (χ0) is 12.3. The summed E-state index contributed by atoms with van der Waals surface area (Å²) in [5.74, 6) is 1.77. The average Bonchev–Trinajstić information content (AvgIpc) is 2.27. The SMILES string of the molecule is COc1ccc(Br)c(CC(N)CC2CCC2)c1. The van der Waals surface area contributed by atoms with Crippen LogP contribution in [0, 0.1) is 5.92 Å². The minimum absolute atomic E-state index is 0.267. The van der Waals surface area contributed by atoms with Gasteiger partial charge in [-0.05, 0) is 42.5 Å². The molecular formula is C14H20BrNO. The normalized spacial score (nSPS) is 17.6. The van der Waals surface area contributed by atoms with E-state index in [0.29, 0.717) is 0 Å². The Kier molecular flexibility index (Phi) is 4.46. The topological polar surface area (TPSA) is 35.2 Å². The molecule has 94 valence electrons. The Morgan fingerprint density at radius 3 is 2.82 bits per heavy atom. The summed E-state index contributed by atoms with van der Waals surface area (Å²) in [4.78, 5) is 0. The van der Waals surface area contributed by atoms with Crippen LogP contribution in [0.3, 0.4) is 0 Å². The van der Waals surface area contributed by atoms with Gasteiger partial charge in [-0.15, -0.1) is 0 Å². The Morgan fingerprint density at radius 2 is 2.24 bits per heavy atom. The van der Waals surface area contributed by atoms with Crippen molar-refractivity contribution in [1.29, 1.82) is 0 Å². The number of nitrogens with two attached hydrogens (primary N) is 1. The summed E-state index contributed by atoms with van der Waals surface area (Å²) in [5, 5.41) is 0. The molecule has 0 aromatic heterocycles. The van der Waals surface area contributed by atoms with Crippen molar-refractivity contribution in [3.8, 4) is 5.75 Å². The first-order valence-corrected chi connectivity index (χ1v) is 7.06. The molecule has 0 amide bonds. The van der Waals surface area contributed by atoms with Crippen LogP contribution < -0.4 is 10.5 Å². The van der Waals surface area contributed by atoms with Gasteiger partial charge in [-0.3, -0.25) is 0 Å². The Hall–Kier alpha value is -0.540. The number of hydrogen-bond donors (Lipinski definition) is 1. The van der Waals surface area contributed by atoms with E-state index in [4.69, 9.17) is 10.5 Å². The first-order valence-electron chi connectivity index (χ1n) is 6.27. The van der Waals surface area contributed by atoms with E-state index in [0.717, 1.165) is 29.0 Å². The van der Waals surface area contributed by atoms with E-state index < -0.39 is 0 Å². The van der Waals surface area contributed by atoms with Crippen LogP contribution in [0.5, 0.6) is 5.75 Å². The number of hydrogen-bond acceptors (Lipinski definition) is 2. The fourth-order valence-corrected chi connectivity index (χ4v) is 2.77. The van der Waals surface area contributed by atoms with Crippen LogP contribution in [0.15, 0.2) is 22.7 Å². The molecule has 2 N–H and O–H groups in total. The van der Waals surface area contributed by atoms with Crippen molar-refractivity contribution in [2.45, 2.75) is 38.1 Å². The lowest BCUT2D eigenvalue weighted by atomic mass is 9.80. The van der Waals surface area contributed by atoms with Gasteiger partial charge < -0.3 is 10.5 Å². The number of ether oxygens (including phenoxy) is 1. The fourth-order valence-electron chi connectivity index (χ4n) is 2.36. The second-order valence-corrected chi connectivity index (χ2v) is 5.81. The second-order valence-electron chi connectivity index (χ2n) is 4.95. The summed E-state index contributed by atoms with van der Waals surface area (Å²) >= 11 is 3.57. The minimum atomic E-state index is 0.267. The second kappa shape index (κ2) is 5.87. The maximum Gasteiger partial charge on any atom is 0.119 e. The van der Waals surface area contributed by atoms with Crippen molar-refractivity contribution < 1.29 is 4.74 Å². The van der Waals surface area contributed by atoms with Crippen LogP contribution in [0.4, 0.5) is 0 Å². The zero-order valence-corrected chi connectivity index (χ0v) is 11.9. The molecule has 1 aromatic carbocycles. The van der Waals surface area contributed by atoms with Gasteiger partial charge in [0.05, 0.1) is 7.11 Å².